The maximum absolute atomic E-state index is 12.4. The normalized spacial score (nSPS) is 15.5. The number of nitro benzene ring substituents is 1. The lowest BCUT2D eigenvalue weighted by Crippen LogP contribution is -2.32. The molecule has 0 saturated heterocycles. The third-order valence-electron chi connectivity index (χ3n) is 4.42. The lowest BCUT2D eigenvalue weighted by Gasteiger charge is -2.26. The molecule has 3 rings (SSSR count). The van der Waals surface area contributed by atoms with Crippen molar-refractivity contribution in [1.82, 2.24) is 5.32 Å². The lowest BCUT2D eigenvalue weighted by atomic mass is 9.87. The largest absolute Gasteiger partial charge is 0.399 e. The fourth-order valence-electron chi connectivity index (χ4n) is 3.20. The van der Waals surface area contributed by atoms with Crippen molar-refractivity contribution in [2.24, 2.45) is 0 Å². The van der Waals surface area contributed by atoms with Crippen molar-refractivity contribution in [3.63, 3.8) is 0 Å². The number of hydrogen-bond acceptors (Lipinski definition) is 4. The van der Waals surface area contributed by atoms with Gasteiger partial charge in [-0.1, -0.05) is 23.7 Å². The van der Waals surface area contributed by atoms with E-state index in [0.717, 1.165) is 30.5 Å². The minimum Gasteiger partial charge on any atom is -0.399 e. The summed E-state index contributed by atoms with van der Waals surface area (Å²) in [5.74, 6) is -0.162. The molecule has 0 aliphatic heterocycles. The molecule has 26 heavy (non-hydrogen) atoms. The molecule has 0 heterocycles. The smallest absolute Gasteiger partial charge is 0.270 e. The van der Waals surface area contributed by atoms with Crippen LogP contribution in [0, 0.1) is 10.1 Å². The fraction of sp³-hybridized carbons (Fsp3) is 0.278. The van der Waals surface area contributed by atoms with Gasteiger partial charge in [-0.2, -0.15) is 0 Å². The van der Waals surface area contributed by atoms with Gasteiger partial charge < -0.3 is 11.1 Å². The van der Waals surface area contributed by atoms with Crippen molar-refractivity contribution in [2.45, 2.75) is 31.7 Å². The zero-order valence-corrected chi connectivity index (χ0v) is 15.5. The number of nitrogens with one attached hydrogen (secondary N) is 1. The second-order valence-electron chi connectivity index (χ2n) is 6.18. The van der Waals surface area contributed by atoms with Gasteiger partial charge in [0.1, 0.15) is 0 Å². The molecular formula is C18H19Cl2N3O3. The number of aryl methyl sites for hydroxylation is 1. The third-order valence-corrected chi connectivity index (χ3v) is 4.77. The summed E-state index contributed by atoms with van der Waals surface area (Å²) in [6.07, 6.45) is 2.90. The summed E-state index contributed by atoms with van der Waals surface area (Å²) in [5.41, 5.74) is 9.31. The van der Waals surface area contributed by atoms with E-state index in [1.807, 2.05) is 18.2 Å². The summed E-state index contributed by atoms with van der Waals surface area (Å²) in [6, 6.07) is 9.87. The van der Waals surface area contributed by atoms with Crippen LogP contribution in [0.25, 0.3) is 0 Å². The predicted octanol–water partition coefficient (Wildman–Crippen LogP) is 3.99. The SMILES string of the molecule is Cl.Nc1ccc2c(c1)CCCC2NC(=O)Cc1ccc([N+](=O)[O-])cc1Cl. The van der Waals surface area contributed by atoms with E-state index in [-0.39, 0.29) is 41.5 Å². The highest BCUT2D eigenvalue weighted by Crippen LogP contribution is 2.31. The molecule has 0 aromatic heterocycles. The van der Waals surface area contributed by atoms with Crippen molar-refractivity contribution in [3.8, 4) is 0 Å². The Kier molecular flexibility index (Phi) is 6.45. The van der Waals surface area contributed by atoms with Crippen LogP contribution in [0.3, 0.4) is 0 Å². The number of anilines is 1. The first kappa shape index (κ1) is 20.0. The molecule has 8 heteroatoms. The zero-order chi connectivity index (χ0) is 18.0. The van der Waals surface area contributed by atoms with Gasteiger partial charge in [0.2, 0.25) is 5.91 Å². The third kappa shape index (κ3) is 4.45. The topological polar surface area (TPSA) is 98.3 Å². The van der Waals surface area contributed by atoms with E-state index < -0.39 is 4.92 Å². The van der Waals surface area contributed by atoms with Crippen LogP contribution in [-0.2, 0) is 17.6 Å². The highest BCUT2D eigenvalue weighted by molar-refractivity contribution is 6.31. The summed E-state index contributed by atoms with van der Waals surface area (Å²) in [4.78, 5) is 22.6. The van der Waals surface area contributed by atoms with Gasteiger partial charge in [-0.25, -0.2) is 0 Å². The molecule has 0 saturated carbocycles. The number of non-ortho nitro benzene ring substituents is 1. The zero-order valence-electron chi connectivity index (χ0n) is 13.9. The molecule has 6 nitrogen and oxygen atoms in total. The second kappa shape index (κ2) is 8.38. The number of nitrogens with two attached hydrogens (primary N) is 1. The Bertz CT molecular complexity index is 842. The average molecular weight is 396 g/mol. The Morgan fingerprint density at radius 2 is 2.08 bits per heavy atom. The summed E-state index contributed by atoms with van der Waals surface area (Å²) in [7, 11) is 0. The summed E-state index contributed by atoms with van der Waals surface area (Å²) in [5, 5.41) is 14.0. The minimum atomic E-state index is -0.513. The summed E-state index contributed by atoms with van der Waals surface area (Å²) < 4.78 is 0. The van der Waals surface area contributed by atoms with Crippen LogP contribution in [-0.4, -0.2) is 10.8 Å². The van der Waals surface area contributed by atoms with E-state index >= 15 is 0 Å². The van der Waals surface area contributed by atoms with Gasteiger partial charge in [-0.15, -0.1) is 12.4 Å². The van der Waals surface area contributed by atoms with Gasteiger partial charge in [0.15, 0.2) is 0 Å². The highest BCUT2D eigenvalue weighted by atomic mass is 35.5. The molecule has 1 unspecified atom stereocenters. The summed E-state index contributed by atoms with van der Waals surface area (Å²) in [6.45, 7) is 0. The van der Waals surface area contributed by atoms with Gasteiger partial charge in [-0.3, -0.25) is 14.9 Å². The van der Waals surface area contributed by atoms with Crippen molar-refractivity contribution in [3.05, 3.63) is 68.2 Å². The monoisotopic (exact) mass is 395 g/mol. The van der Waals surface area contributed by atoms with Crippen molar-refractivity contribution < 1.29 is 9.72 Å². The number of benzene rings is 2. The van der Waals surface area contributed by atoms with E-state index in [1.165, 1.54) is 23.8 Å². The summed E-state index contributed by atoms with van der Waals surface area (Å²) >= 11 is 6.06. The molecule has 0 spiro atoms. The first-order valence-electron chi connectivity index (χ1n) is 8.04. The molecule has 2 aromatic carbocycles. The number of amides is 1. The number of halogens is 2. The van der Waals surface area contributed by atoms with E-state index in [1.54, 1.807) is 0 Å². The quantitative estimate of drug-likeness (QED) is 0.464. The molecule has 1 amide bonds. The number of nitrogen functional groups attached to an aromatic ring is 1. The fourth-order valence-corrected chi connectivity index (χ4v) is 3.44. The number of nitrogens with zero attached hydrogens (tertiary/aromatic N) is 1. The van der Waals surface area contributed by atoms with E-state index in [0.29, 0.717) is 5.56 Å². The van der Waals surface area contributed by atoms with Crippen LogP contribution in [0.4, 0.5) is 11.4 Å². The molecule has 138 valence electrons. The molecule has 3 N–H and O–H groups in total. The van der Waals surface area contributed by atoms with Crippen LogP contribution in [0.1, 0.15) is 35.6 Å². The number of nitro groups is 1. The van der Waals surface area contributed by atoms with Crippen LogP contribution in [0.5, 0.6) is 0 Å². The van der Waals surface area contributed by atoms with Gasteiger partial charge in [0, 0.05) is 17.8 Å². The van der Waals surface area contributed by atoms with Crippen LogP contribution in [0.15, 0.2) is 36.4 Å². The molecule has 1 atom stereocenters. The first-order valence-corrected chi connectivity index (χ1v) is 8.42. The predicted molar refractivity (Wildman–Crippen MR) is 104 cm³/mol. The lowest BCUT2D eigenvalue weighted by molar-refractivity contribution is -0.384. The molecule has 0 radical (unpaired) electrons. The number of carbonyl (C=O) groups excluding carboxylic acids is 1. The Morgan fingerprint density at radius 3 is 2.77 bits per heavy atom. The van der Waals surface area contributed by atoms with Gasteiger partial charge in [0.05, 0.1) is 22.4 Å². The minimum absolute atomic E-state index is 0. The number of rotatable bonds is 4. The van der Waals surface area contributed by atoms with Gasteiger partial charge in [-0.05, 0) is 48.1 Å². The van der Waals surface area contributed by atoms with Crippen molar-refractivity contribution in [1.29, 1.82) is 0 Å². The number of hydrogen-bond donors (Lipinski definition) is 2. The van der Waals surface area contributed by atoms with E-state index in [2.05, 4.69) is 5.32 Å². The van der Waals surface area contributed by atoms with E-state index in [4.69, 9.17) is 17.3 Å². The standard InChI is InChI=1S/C18H18ClN3O3.ClH/c19-16-10-14(22(24)25)6-4-12(16)9-18(23)21-17-3-1-2-11-8-13(20)5-7-15(11)17;/h4-8,10,17H,1-3,9,20H2,(H,21,23);1H. The molecule has 1 aliphatic carbocycles. The molecule has 0 fully saturated rings. The number of carbonyl (C=O) groups is 1. The molecular weight excluding hydrogens is 377 g/mol. The molecule has 2 aromatic rings. The van der Waals surface area contributed by atoms with Crippen LogP contribution >= 0.6 is 24.0 Å². The second-order valence-corrected chi connectivity index (χ2v) is 6.59. The Labute approximate surface area is 162 Å². The van der Waals surface area contributed by atoms with Crippen LogP contribution < -0.4 is 11.1 Å². The van der Waals surface area contributed by atoms with Crippen molar-refractivity contribution >= 4 is 41.3 Å². The average Bonchev–Trinajstić information content (AvgIpc) is 2.56. The van der Waals surface area contributed by atoms with Gasteiger partial charge in [0.25, 0.3) is 5.69 Å². The molecule has 1 aliphatic rings. The Balaban J connectivity index is 0.00000243. The Hall–Kier alpha value is -2.31. The Morgan fingerprint density at radius 1 is 1.31 bits per heavy atom. The van der Waals surface area contributed by atoms with Crippen LogP contribution in [0.2, 0.25) is 5.02 Å². The molecule has 0 bridgehead atoms. The van der Waals surface area contributed by atoms with E-state index in [9.17, 15) is 14.9 Å². The maximum atomic E-state index is 12.4. The maximum Gasteiger partial charge on any atom is 0.270 e. The van der Waals surface area contributed by atoms with Crippen molar-refractivity contribution in [2.75, 3.05) is 5.73 Å². The first-order chi connectivity index (χ1) is 11.9. The number of fused-ring (bicyclic) bond motifs is 1. The highest BCUT2D eigenvalue weighted by Gasteiger charge is 2.22. The van der Waals surface area contributed by atoms with Gasteiger partial charge >= 0.3 is 0 Å².